The van der Waals surface area contributed by atoms with E-state index in [-0.39, 0.29) is 48.1 Å². The maximum Gasteiger partial charge on any atom is 0.408 e. The summed E-state index contributed by atoms with van der Waals surface area (Å²) in [6, 6.07) is 5.25. The van der Waals surface area contributed by atoms with Crippen molar-refractivity contribution in [2.24, 2.45) is 23.2 Å². The number of likely N-dealkylation sites (tertiary alicyclic amines) is 1. The van der Waals surface area contributed by atoms with Crippen molar-refractivity contribution in [2.75, 3.05) is 13.1 Å². The molecule has 3 N–H and O–H groups in total. The Morgan fingerprint density at radius 3 is 2.31 bits per heavy atom. The van der Waals surface area contributed by atoms with Gasteiger partial charge < -0.3 is 25.6 Å². The number of nitrogens with zero attached hydrogens (tertiary/aromatic N) is 1. The van der Waals surface area contributed by atoms with Crippen molar-refractivity contribution in [2.45, 2.75) is 84.5 Å². The smallest absolute Gasteiger partial charge is 0.408 e. The molecule has 3 unspecified atom stereocenters. The average Bonchev–Trinajstić information content (AvgIpc) is 3.31. The van der Waals surface area contributed by atoms with Crippen molar-refractivity contribution in [1.82, 2.24) is 20.9 Å². The molecule has 228 valence electrons. The molecule has 0 bridgehead atoms. The van der Waals surface area contributed by atoms with Gasteiger partial charge in [0.2, 0.25) is 17.6 Å². The van der Waals surface area contributed by atoms with E-state index in [1.54, 1.807) is 18.7 Å². The number of benzene rings is 1. The molecule has 1 aromatic rings. The van der Waals surface area contributed by atoms with Gasteiger partial charge in [-0.25, -0.2) is 4.79 Å². The minimum Gasteiger partial charge on any atom is -0.447 e. The monoisotopic (exact) mass is 580 g/mol. The number of alkyl carbamates (subject to hydrolysis) is 1. The third-order valence-electron chi connectivity index (χ3n) is 9.04. The Balaban J connectivity index is 1.58. The van der Waals surface area contributed by atoms with Gasteiger partial charge in [0.1, 0.15) is 12.1 Å². The van der Waals surface area contributed by atoms with E-state index in [1.165, 1.54) is 6.08 Å². The van der Waals surface area contributed by atoms with Gasteiger partial charge in [-0.1, -0.05) is 57.5 Å². The highest BCUT2D eigenvalue weighted by atomic mass is 16.6. The lowest BCUT2D eigenvalue weighted by atomic mass is 9.93. The van der Waals surface area contributed by atoms with Crippen molar-refractivity contribution < 1.29 is 28.7 Å². The first kappa shape index (κ1) is 31.3. The standard InChI is InChI=1S/C32H44N4O6/c1-7-11-23(27(37)29(39)33-14-8-2)34-28(38)26-24-22(32(24,5)6)17-36(26)30(40)25(35-31(41)42-18(3)4)21-15-19-12-9-10-13-20(19)16-21/h8-10,12-13,18,21-26H,2,7,11,14-17H2,1,3-6H3,(H,33,39)(H,34,38)(H,35,41)/t22?,23?,24?,25-,26-/m0/s1. The molecular weight excluding hydrogens is 536 g/mol. The number of hydrogen-bond donors (Lipinski definition) is 3. The summed E-state index contributed by atoms with van der Waals surface area (Å²) in [7, 11) is 0. The van der Waals surface area contributed by atoms with Gasteiger partial charge in [-0.2, -0.15) is 0 Å². The average molecular weight is 581 g/mol. The first-order chi connectivity index (χ1) is 19.9. The van der Waals surface area contributed by atoms with Gasteiger partial charge in [-0.3, -0.25) is 19.2 Å². The topological polar surface area (TPSA) is 134 Å². The molecule has 2 fully saturated rings. The molecule has 1 saturated carbocycles. The third-order valence-corrected chi connectivity index (χ3v) is 9.04. The van der Waals surface area contributed by atoms with Crippen LogP contribution in [0.2, 0.25) is 0 Å². The van der Waals surface area contributed by atoms with Crippen LogP contribution < -0.4 is 16.0 Å². The van der Waals surface area contributed by atoms with Crippen LogP contribution >= 0.6 is 0 Å². The van der Waals surface area contributed by atoms with Crippen LogP contribution in [0, 0.1) is 23.2 Å². The molecule has 10 nitrogen and oxygen atoms in total. The lowest BCUT2D eigenvalue weighted by Gasteiger charge is -2.35. The fraction of sp³-hybridized carbons (Fsp3) is 0.594. The van der Waals surface area contributed by atoms with Gasteiger partial charge in [0, 0.05) is 13.1 Å². The van der Waals surface area contributed by atoms with Crippen molar-refractivity contribution in [3.63, 3.8) is 0 Å². The number of carbonyl (C=O) groups excluding carboxylic acids is 5. The first-order valence-electron chi connectivity index (χ1n) is 15.0. The van der Waals surface area contributed by atoms with Crippen LogP contribution in [0.3, 0.4) is 0 Å². The molecule has 5 atom stereocenters. The number of fused-ring (bicyclic) bond motifs is 2. The number of piperidine rings is 1. The highest BCUT2D eigenvalue weighted by Gasteiger charge is 2.69. The van der Waals surface area contributed by atoms with Crippen molar-refractivity contribution >= 4 is 29.6 Å². The fourth-order valence-corrected chi connectivity index (χ4v) is 6.80. The third kappa shape index (κ3) is 6.37. The maximum atomic E-state index is 14.3. The normalized spacial score (nSPS) is 23.3. The van der Waals surface area contributed by atoms with Crippen LogP contribution in [0.1, 0.15) is 58.6 Å². The minimum atomic E-state index is -1.01. The van der Waals surface area contributed by atoms with Crippen LogP contribution in [0.5, 0.6) is 0 Å². The van der Waals surface area contributed by atoms with E-state index in [2.05, 4.69) is 36.4 Å². The summed E-state index contributed by atoms with van der Waals surface area (Å²) < 4.78 is 5.34. The van der Waals surface area contributed by atoms with Crippen LogP contribution in [-0.2, 0) is 36.8 Å². The van der Waals surface area contributed by atoms with Gasteiger partial charge in [0.25, 0.3) is 5.91 Å². The highest BCUT2D eigenvalue weighted by molar-refractivity contribution is 6.38. The highest BCUT2D eigenvalue weighted by Crippen LogP contribution is 2.65. The number of rotatable bonds is 12. The summed E-state index contributed by atoms with van der Waals surface area (Å²) in [6.07, 6.45) is 2.52. The quantitative estimate of drug-likeness (QED) is 0.257. The summed E-state index contributed by atoms with van der Waals surface area (Å²) in [5.41, 5.74) is 2.11. The number of hydrogen-bond acceptors (Lipinski definition) is 6. The predicted molar refractivity (Wildman–Crippen MR) is 157 cm³/mol. The Labute approximate surface area is 248 Å². The second kappa shape index (κ2) is 12.7. The van der Waals surface area contributed by atoms with E-state index in [9.17, 15) is 24.0 Å². The molecule has 3 aliphatic rings. The van der Waals surface area contributed by atoms with E-state index < -0.39 is 41.8 Å². The summed E-state index contributed by atoms with van der Waals surface area (Å²) in [6.45, 7) is 13.6. The fourth-order valence-electron chi connectivity index (χ4n) is 6.80. The van der Waals surface area contributed by atoms with Gasteiger partial charge in [0.15, 0.2) is 0 Å². The summed E-state index contributed by atoms with van der Waals surface area (Å²) in [5.74, 6) is -2.50. The maximum absolute atomic E-state index is 14.3. The molecule has 1 aromatic carbocycles. The Hall–Kier alpha value is -3.69. The second-order valence-corrected chi connectivity index (χ2v) is 12.6. The summed E-state index contributed by atoms with van der Waals surface area (Å²) in [5, 5.41) is 8.11. The van der Waals surface area contributed by atoms with Crippen LogP contribution in [-0.4, -0.2) is 71.8 Å². The van der Waals surface area contributed by atoms with Crippen molar-refractivity contribution in [3.05, 3.63) is 48.0 Å². The molecule has 0 radical (unpaired) electrons. The first-order valence-corrected chi connectivity index (χ1v) is 15.0. The Bertz CT molecular complexity index is 1220. The number of ketones is 1. The largest absolute Gasteiger partial charge is 0.447 e. The SMILES string of the molecule is C=CCNC(=O)C(=O)C(CCC)NC(=O)[C@@H]1C2C(CN1C(=O)[C@@H](NC(=O)OC(C)C)C1Cc3ccccc3C1)C2(C)C. The Morgan fingerprint density at radius 2 is 1.74 bits per heavy atom. The van der Waals surface area contributed by atoms with Crippen molar-refractivity contribution in [1.29, 1.82) is 0 Å². The molecule has 4 amide bonds. The molecule has 2 aliphatic carbocycles. The lowest BCUT2D eigenvalue weighted by molar-refractivity contribution is -0.144. The van der Waals surface area contributed by atoms with Gasteiger partial charge in [-0.05, 0) is 67.4 Å². The van der Waals surface area contributed by atoms with E-state index in [0.717, 1.165) is 11.1 Å². The molecule has 0 aromatic heterocycles. The molecular formula is C32H44N4O6. The van der Waals surface area contributed by atoms with E-state index in [4.69, 9.17) is 4.74 Å². The minimum absolute atomic E-state index is 0.0996. The zero-order valence-corrected chi connectivity index (χ0v) is 25.3. The summed E-state index contributed by atoms with van der Waals surface area (Å²) >= 11 is 0. The lowest BCUT2D eigenvalue weighted by Crippen LogP contribution is -2.59. The van der Waals surface area contributed by atoms with Gasteiger partial charge in [0.05, 0.1) is 12.1 Å². The zero-order chi connectivity index (χ0) is 30.8. The molecule has 1 heterocycles. The van der Waals surface area contributed by atoms with Crippen molar-refractivity contribution in [3.8, 4) is 0 Å². The molecule has 10 heteroatoms. The zero-order valence-electron chi connectivity index (χ0n) is 25.3. The Kier molecular flexibility index (Phi) is 9.43. The van der Waals surface area contributed by atoms with E-state index in [1.807, 2.05) is 31.2 Å². The van der Waals surface area contributed by atoms with Crippen LogP contribution in [0.4, 0.5) is 4.79 Å². The number of nitrogens with one attached hydrogen (secondary N) is 3. The number of Topliss-reactive ketones (excluding diaryl/α,β-unsaturated/α-hetero) is 1. The van der Waals surface area contributed by atoms with Crippen LogP contribution in [0.25, 0.3) is 0 Å². The molecule has 1 saturated heterocycles. The Morgan fingerprint density at radius 1 is 1.10 bits per heavy atom. The van der Waals surface area contributed by atoms with Gasteiger partial charge in [-0.15, -0.1) is 6.58 Å². The second-order valence-electron chi connectivity index (χ2n) is 12.6. The number of ether oxygens (including phenoxy) is 1. The summed E-state index contributed by atoms with van der Waals surface area (Å²) in [4.78, 5) is 67.9. The molecule has 1 aliphatic heterocycles. The molecule has 4 rings (SSSR count). The van der Waals surface area contributed by atoms with E-state index in [0.29, 0.717) is 25.8 Å². The number of amides is 4. The predicted octanol–water partition coefficient (Wildman–Crippen LogP) is 2.54. The molecule has 42 heavy (non-hydrogen) atoms. The number of carbonyl (C=O) groups is 5. The van der Waals surface area contributed by atoms with E-state index >= 15 is 0 Å². The molecule has 0 spiro atoms. The van der Waals surface area contributed by atoms with Crippen LogP contribution in [0.15, 0.2) is 36.9 Å². The van der Waals surface area contributed by atoms with Gasteiger partial charge >= 0.3 is 6.09 Å².